The molecule has 0 aromatic carbocycles. The van der Waals surface area contributed by atoms with E-state index in [1.54, 1.807) is 0 Å². The summed E-state index contributed by atoms with van der Waals surface area (Å²) in [5, 5.41) is 9.32. The topological polar surface area (TPSA) is 75.8 Å². The highest BCUT2D eigenvalue weighted by molar-refractivity contribution is 5.79. The largest absolute Gasteiger partial charge is 0.394 e. The van der Waals surface area contributed by atoms with Gasteiger partial charge >= 0.3 is 0 Å². The lowest BCUT2D eigenvalue weighted by Gasteiger charge is -2.44. The molecule has 1 heterocycles. The molecule has 0 aromatic rings. The van der Waals surface area contributed by atoms with Crippen LogP contribution in [0, 0.1) is 11.8 Å². The summed E-state index contributed by atoms with van der Waals surface area (Å²) >= 11 is 0. The fourth-order valence-corrected chi connectivity index (χ4v) is 3.46. The van der Waals surface area contributed by atoms with Gasteiger partial charge in [0.2, 0.25) is 5.91 Å². The van der Waals surface area contributed by atoms with Crippen molar-refractivity contribution in [1.82, 2.24) is 4.90 Å². The lowest BCUT2D eigenvalue weighted by molar-refractivity contribution is -0.170. The standard InChI is InChI=1S/C15H28N2O3/c1-15(2)10-17(8-13(9-18)20-15)14(19)12-5-3-11(7-16)4-6-12/h11-13,18H,3-10,16H2,1-2H3. The summed E-state index contributed by atoms with van der Waals surface area (Å²) < 4.78 is 5.76. The minimum Gasteiger partial charge on any atom is -0.394 e. The summed E-state index contributed by atoms with van der Waals surface area (Å²) in [5.74, 6) is 0.951. The lowest BCUT2D eigenvalue weighted by atomic mass is 9.81. The van der Waals surface area contributed by atoms with Crippen LogP contribution in [0.4, 0.5) is 0 Å². The van der Waals surface area contributed by atoms with Crippen LogP contribution >= 0.6 is 0 Å². The molecule has 1 saturated heterocycles. The van der Waals surface area contributed by atoms with Gasteiger partial charge in [-0.05, 0) is 52.0 Å². The minimum atomic E-state index is -0.379. The van der Waals surface area contributed by atoms with E-state index in [4.69, 9.17) is 10.5 Å². The van der Waals surface area contributed by atoms with E-state index in [0.717, 1.165) is 32.2 Å². The monoisotopic (exact) mass is 284 g/mol. The third kappa shape index (κ3) is 3.71. The van der Waals surface area contributed by atoms with E-state index in [9.17, 15) is 9.90 Å². The van der Waals surface area contributed by atoms with Crippen molar-refractivity contribution in [3.63, 3.8) is 0 Å². The maximum absolute atomic E-state index is 12.7. The Morgan fingerprint density at radius 3 is 2.55 bits per heavy atom. The van der Waals surface area contributed by atoms with Crippen molar-refractivity contribution in [2.75, 3.05) is 26.2 Å². The summed E-state index contributed by atoms with van der Waals surface area (Å²) in [6.07, 6.45) is 3.75. The van der Waals surface area contributed by atoms with Gasteiger partial charge in [-0.25, -0.2) is 0 Å². The van der Waals surface area contributed by atoms with Gasteiger partial charge in [-0.3, -0.25) is 4.79 Å². The van der Waals surface area contributed by atoms with Gasteiger partial charge in [-0.15, -0.1) is 0 Å². The van der Waals surface area contributed by atoms with Gasteiger partial charge in [0, 0.05) is 19.0 Å². The molecular formula is C15H28N2O3. The molecule has 3 N–H and O–H groups in total. The van der Waals surface area contributed by atoms with Crippen LogP contribution < -0.4 is 5.73 Å². The number of amides is 1. The molecule has 0 bridgehead atoms. The van der Waals surface area contributed by atoms with Crippen LogP contribution in [0.2, 0.25) is 0 Å². The number of carbonyl (C=O) groups is 1. The molecule has 2 rings (SSSR count). The molecule has 2 aliphatic rings. The van der Waals surface area contributed by atoms with E-state index in [0.29, 0.717) is 19.0 Å². The third-order valence-corrected chi connectivity index (χ3v) is 4.53. The second-order valence-corrected chi connectivity index (χ2v) is 6.85. The van der Waals surface area contributed by atoms with E-state index in [1.165, 1.54) is 0 Å². The Kier molecular flexibility index (Phi) is 5.04. The van der Waals surface area contributed by atoms with Crippen molar-refractivity contribution in [3.8, 4) is 0 Å². The average Bonchev–Trinajstić information content (AvgIpc) is 2.44. The van der Waals surface area contributed by atoms with E-state index >= 15 is 0 Å². The summed E-state index contributed by atoms with van der Waals surface area (Å²) in [7, 11) is 0. The highest BCUT2D eigenvalue weighted by Crippen LogP contribution is 2.31. The predicted octanol–water partition coefficient (Wildman–Crippen LogP) is 0.750. The van der Waals surface area contributed by atoms with E-state index < -0.39 is 0 Å². The van der Waals surface area contributed by atoms with Crippen molar-refractivity contribution in [2.45, 2.75) is 51.2 Å². The van der Waals surface area contributed by atoms with Crippen LogP contribution in [0.1, 0.15) is 39.5 Å². The predicted molar refractivity (Wildman–Crippen MR) is 77.1 cm³/mol. The second-order valence-electron chi connectivity index (χ2n) is 6.85. The molecule has 5 nitrogen and oxygen atoms in total. The van der Waals surface area contributed by atoms with Crippen molar-refractivity contribution >= 4 is 5.91 Å². The number of hydrogen-bond acceptors (Lipinski definition) is 4. The molecule has 1 saturated carbocycles. The zero-order chi connectivity index (χ0) is 14.8. The average molecular weight is 284 g/mol. The molecule has 1 unspecified atom stereocenters. The first-order valence-corrected chi connectivity index (χ1v) is 7.72. The number of carbonyl (C=O) groups excluding carboxylic acids is 1. The summed E-state index contributed by atoms with van der Waals surface area (Å²) in [4.78, 5) is 14.5. The molecule has 116 valence electrons. The Morgan fingerprint density at radius 2 is 2.00 bits per heavy atom. The quantitative estimate of drug-likeness (QED) is 0.802. The molecule has 20 heavy (non-hydrogen) atoms. The smallest absolute Gasteiger partial charge is 0.225 e. The van der Waals surface area contributed by atoms with Crippen molar-refractivity contribution in [3.05, 3.63) is 0 Å². The second kappa shape index (κ2) is 6.41. The molecule has 0 aromatic heterocycles. The Bertz CT molecular complexity index is 338. The molecule has 0 radical (unpaired) electrons. The van der Waals surface area contributed by atoms with E-state index in [1.807, 2.05) is 18.7 Å². The van der Waals surface area contributed by atoms with Gasteiger partial charge in [-0.2, -0.15) is 0 Å². The fraction of sp³-hybridized carbons (Fsp3) is 0.933. The molecule has 0 spiro atoms. The van der Waals surface area contributed by atoms with E-state index in [-0.39, 0.29) is 30.1 Å². The molecule has 1 amide bonds. The first-order chi connectivity index (χ1) is 9.45. The number of aliphatic hydroxyl groups is 1. The molecule has 5 heteroatoms. The molecular weight excluding hydrogens is 256 g/mol. The molecule has 1 aliphatic heterocycles. The molecule has 2 fully saturated rings. The summed E-state index contributed by atoms with van der Waals surface area (Å²) in [5.41, 5.74) is 5.32. The van der Waals surface area contributed by atoms with Crippen molar-refractivity contribution in [2.24, 2.45) is 17.6 Å². The Morgan fingerprint density at radius 1 is 1.35 bits per heavy atom. The zero-order valence-corrected chi connectivity index (χ0v) is 12.7. The number of ether oxygens (including phenoxy) is 1. The Hall–Kier alpha value is -0.650. The van der Waals surface area contributed by atoms with Crippen LogP contribution in [0.3, 0.4) is 0 Å². The SMILES string of the molecule is CC1(C)CN(C(=O)C2CCC(CN)CC2)CC(CO)O1. The molecule has 1 atom stereocenters. The van der Waals surface area contributed by atoms with E-state index in [2.05, 4.69) is 0 Å². The maximum Gasteiger partial charge on any atom is 0.225 e. The number of nitrogens with zero attached hydrogens (tertiary/aromatic N) is 1. The minimum absolute atomic E-state index is 0.0346. The Balaban J connectivity index is 1.94. The Labute approximate surface area is 121 Å². The number of aliphatic hydroxyl groups excluding tert-OH is 1. The number of rotatable bonds is 3. The van der Waals surface area contributed by atoms with Gasteiger partial charge in [0.15, 0.2) is 0 Å². The van der Waals surface area contributed by atoms with Gasteiger partial charge < -0.3 is 20.5 Å². The highest BCUT2D eigenvalue weighted by Gasteiger charge is 2.38. The van der Waals surface area contributed by atoms with Gasteiger partial charge in [-0.1, -0.05) is 0 Å². The first-order valence-electron chi connectivity index (χ1n) is 7.72. The summed E-state index contributed by atoms with van der Waals surface area (Å²) in [6, 6.07) is 0. The third-order valence-electron chi connectivity index (χ3n) is 4.53. The number of morpholine rings is 1. The maximum atomic E-state index is 12.7. The fourth-order valence-electron chi connectivity index (χ4n) is 3.46. The van der Waals surface area contributed by atoms with Gasteiger partial charge in [0.05, 0.1) is 18.3 Å². The van der Waals surface area contributed by atoms with Crippen LogP contribution in [0.5, 0.6) is 0 Å². The van der Waals surface area contributed by atoms with Crippen molar-refractivity contribution in [1.29, 1.82) is 0 Å². The highest BCUT2D eigenvalue weighted by atomic mass is 16.5. The first kappa shape index (κ1) is 15.7. The van der Waals surface area contributed by atoms with Crippen molar-refractivity contribution < 1.29 is 14.6 Å². The zero-order valence-electron chi connectivity index (χ0n) is 12.7. The summed E-state index contributed by atoms with van der Waals surface area (Å²) in [6.45, 7) is 5.76. The normalized spacial score (nSPS) is 34.0. The van der Waals surface area contributed by atoms with Gasteiger partial charge in [0.25, 0.3) is 0 Å². The lowest BCUT2D eigenvalue weighted by Crippen LogP contribution is -2.56. The number of hydrogen-bond donors (Lipinski definition) is 2. The van der Waals surface area contributed by atoms with Crippen LogP contribution in [-0.2, 0) is 9.53 Å². The van der Waals surface area contributed by atoms with Crippen LogP contribution in [0.25, 0.3) is 0 Å². The number of nitrogens with two attached hydrogens (primary N) is 1. The van der Waals surface area contributed by atoms with Gasteiger partial charge in [0.1, 0.15) is 0 Å². The van der Waals surface area contributed by atoms with Crippen LogP contribution in [-0.4, -0.2) is 53.9 Å². The van der Waals surface area contributed by atoms with Crippen LogP contribution in [0.15, 0.2) is 0 Å². The molecule has 1 aliphatic carbocycles.